The summed E-state index contributed by atoms with van der Waals surface area (Å²) < 4.78 is 23.1. The number of carbonyl (C=O) groups excluding carboxylic acids is 2. The molecule has 0 amide bonds. The molecular weight excluding hydrogens is 1170 g/mol. The number of hydrogen-bond acceptors (Lipinski definition) is 7. The van der Waals surface area contributed by atoms with Crippen molar-refractivity contribution >= 4 is 17.9 Å². The van der Waals surface area contributed by atoms with Crippen LogP contribution in [0.4, 0.5) is 0 Å². The lowest BCUT2D eigenvalue weighted by Gasteiger charge is -2.25. The van der Waals surface area contributed by atoms with Gasteiger partial charge < -0.3 is 28.5 Å². The fraction of sp³-hybridized carbons (Fsp3) is 0.895. The van der Waals surface area contributed by atoms with Crippen LogP contribution in [0.2, 0.25) is 0 Å². The summed E-state index contributed by atoms with van der Waals surface area (Å²) in [5.41, 5.74) is 0. The third kappa shape index (κ3) is 78.7. The highest BCUT2D eigenvalue weighted by Crippen LogP contribution is 2.21. The van der Waals surface area contributed by atoms with Gasteiger partial charge in [-0.25, -0.2) is 4.79 Å². The molecule has 0 saturated carbocycles. The Morgan fingerprint density at radius 3 is 0.842 bits per heavy atom. The van der Waals surface area contributed by atoms with Crippen molar-refractivity contribution in [2.24, 2.45) is 0 Å². The quantitative estimate of drug-likeness (QED) is 0.0211. The van der Waals surface area contributed by atoms with Crippen LogP contribution in [-0.2, 0) is 33.3 Å². The summed E-state index contributed by atoms with van der Waals surface area (Å²) in [7, 11) is 6.00. The molecule has 2 unspecified atom stereocenters. The van der Waals surface area contributed by atoms with Crippen LogP contribution >= 0.6 is 0 Å². The molecule has 0 aromatic heterocycles. The third-order valence-corrected chi connectivity index (χ3v) is 19.4. The van der Waals surface area contributed by atoms with E-state index in [9.17, 15) is 19.5 Å². The summed E-state index contributed by atoms with van der Waals surface area (Å²) in [5.74, 6) is -1.97. The van der Waals surface area contributed by atoms with Crippen LogP contribution in [0.1, 0.15) is 438 Å². The number of hydrogen-bond donors (Lipinski definition) is 1. The van der Waals surface area contributed by atoms with E-state index in [2.05, 4.69) is 50.3 Å². The molecule has 0 aliphatic rings. The van der Waals surface area contributed by atoms with Crippen molar-refractivity contribution in [1.29, 1.82) is 0 Å². The van der Waals surface area contributed by atoms with E-state index in [0.717, 1.165) is 51.4 Å². The first-order valence-electron chi connectivity index (χ1n) is 42.2. The Morgan fingerprint density at radius 2 is 0.568 bits per heavy atom. The van der Waals surface area contributed by atoms with E-state index in [0.29, 0.717) is 17.4 Å². The maximum atomic E-state index is 13.0. The van der Waals surface area contributed by atoms with Gasteiger partial charge in [-0.1, -0.05) is 410 Å². The summed E-state index contributed by atoms with van der Waals surface area (Å²) in [6.07, 6.45) is 97.5. The zero-order valence-corrected chi connectivity index (χ0v) is 64.4. The molecule has 9 nitrogen and oxygen atoms in total. The highest BCUT2D eigenvalue weighted by atomic mass is 16.7. The Labute approximate surface area is 591 Å². The number of nitrogens with zero attached hydrogens (tertiary/aromatic N) is 1. The van der Waals surface area contributed by atoms with Crippen molar-refractivity contribution in [3.63, 3.8) is 0 Å². The number of rotatable bonds is 80. The molecule has 560 valence electrons. The van der Waals surface area contributed by atoms with Crippen LogP contribution in [0.5, 0.6) is 0 Å². The SMILES string of the molecule is CCCCCCC/C=C\C/C=C\C/C=C\CCCCCCCCCCCCCCCCCCCCC(=O)OC(COC(=O)CCCCCCCCCCCCCCCCCCCCCCCCCCCCCCCCCCCCCCC)COC(OCC[N+](C)(C)C)C(=O)O. The highest BCUT2D eigenvalue weighted by Gasteiger charge is 2.25. The van der Waals surface area contributed by atoms with E-state index in [1.165, 1.54) is 360 Å². The van der Waals surface area contributed by atoms with Crippen LogP contribution in [-0.4, -0.2) is 87.4 Å². The monoisotopic (exact) mass is 1340 g/mol. The number of allylic oxidation sites excluding steroid dienone is 6. The second kappa shape index (κ2) is 77.3. The van der Waals surface area contributed by atoms with Crippen molar-refractivity contribution in [3.8, 4) is 0 Å². The maximum absolute atomic E-state index is 13.0. The van der Waals surface area contributed by atoms with Crippen molar-refractivity contribution in [2.75, 3.05) is 47.5 Å². The Hall–Kier alpha value is -2.49. The summed E-state index contributed by atoms with van der Waals surface area (Å²) in [4.78, 5) is 37.8. The van der Waals surface area contributed by atoms with Crippen molar-refractivity contribution < 1.29 is 42.9 Å². The fourth-order valence-corrected chi connectivity index (χ4v) is 13.0. The van der Waals surface area contributed by atoms with E-state index in [1.54, 1.807) is 0 Å². The van der Waals surface area contributed by atoms with Crippen molar-refractivity contribution in [3.05, 3.63) is 36.5 Å². The van der Waals surface area contributed by atoms with E-state index in [1.807, 2.05) is 21.1 Å². The Balaban J connectivity index is 3.94. The van der Waals surface area contributed by atoms with Gasteiger partial charge in [0, 0.05) is 12.8 Å². The van der Waals surface area contributed by atoms with Gasteiger partial charge in [0.2, 0.25) is 0 Å². The molecule has 0 aromatic carbocycles. The lowest BCUT2D eigenvalue weighted by Crippen LogP contribution is -2.40. The number of aliphatic carboxylic acids is 1. The van der Waals surface area contributed by atoms with Gasteiger partial charge in [-0.2, -0.15) is 0 Å². The molecule has 0 heterocycles. The van der Waals surface area contributed by atoms with Gasteiger partial charge in [-0.15, -0.1) is 0 Å². The van der Waals surface area contributed by atoms with Crippen LogP contribution in [0.25, 0.3) is 0 Å². The molecule has 0 aliphatic carbocycles. The van der Waals surface area contributed by atoms with Gasteiger partial charge >= 0.3 is 17.9 Å². The van der Waals surface area contributed by atoms with E-state index in [4.69, 9.17) is 18.9 Å². The van der Waals surface area contributed by atoms with Gasteiger partial charge in [0.1, 0.15) is 13.2 Å². The molecule has 95 heavy (non-hydrogen) atoms. The zero-order valence-electron chi connectivity index (χ0n) is 64.4. The van der Waals surface area contributed by atoms with Crippen molar-refractivity contribution in [1.82, 2.24) is 0 Å². The minimum absolute atomic E-state index is 0.175. The molecule has 0 bridgehead atoms. The van der Waals surface area contributed by atoms with Crippen molar-refractivity contribution in [2.45, 2.75) is 450 Å². The largest absolute Gasteiger partial charge is 0.477 e. The number of carbonyl (C=O) groups is 3. The number of carboxylic acids is 1. The summed E-state index contributed by atoms with van der Waals surface area (Å²) in [6.45, 7) is 4.95. The molecule has 9 heteroatoms. The Kier molecular flexibility index (Phi) is 75.2. The number of ether oxygens (including phenoxy) is 4. The molecular formula is C86H164NO8+. The van der Waals surface area contributed by atoms with Gasteiger partial charge in [0.15, 0.2) is 6.10 Å². The number of quaternary nitrogens is 1. The first kappa shape index (κ1) is 92.5. The van der Waals surface area contributed by atoms with Crippen LogP contribution in [0.3, 0.4) is 0 Å². The van der Waals surface area contributed by atoms with Gasteiger partial charge in [0.25, 0.3) is 6.29 Å². The minimum atomic E-state index is -1.51. The Morgan fingerprint density at radius 1 is 0.316 bits per heavy atom. The summed E-state index contributed by atoms with van der Waals surface area (Å²) in [6, 6.07) is 0. The molecule has 0 aliphatic heterocycles. The number of carboxylic acid groups (broad SMARTS) is 1. The number of esters is 2. The van der Waals surface area contributed by atoms with E-state index < -0.39 is 18.4 Å². The van der Waals surface area contributed by atoms with Crippen LogP contribution in [0, 0.1) is 0 Å². The van der Waals surface area contributed by atoms with Gasteiger partial charge in [-0.3, -0.25) is 9.59 Å². The molecule has 2 atom stereocenters. The average Bonchev–Trinajstić information content (AvgIpc) is 3.75. The second-order valence-electron chi connectivity index (χ2n) is 30.2. The first-order valence-corrected chi connectivity index (χ1v) is 42.2. The van der Waals surface area contributed by atoms with Gasteiger partial charge in [0.05, 0.1) is 34.4 Å². The molecule has 0 rings (SSSR count). The normalized spacial score (nSPS) is 12.7. The van der Waals surface area contributed by atoms with Gasteiger partial charge in [-0.05, 0) is 51.4 Å². The summed E-state index contributed by atoms with van der Waals surface area (Å²) in [5, 5.41) is 9.78. The third-order valence-electron chi connectivity index (χ3n) is 19.4. The Bertz CT molecular complexity index is 1650. The molecule has 0 radical (unpaired) electrons. The molecule has 1 N–H and O–H groups in total. The van der Waals surface area contributed by atoms with Crippen LogP contribution in [0.15, 0.2) is 36.5 Å². The minimum Gasteiger partial charge on any atom is -0.477 e. The summed E-state index contributed by atoms with van der Waals surface area (Å²) >= 11 is 0. The first-order chi connectivity index (χ1) is 46.6. The lowest BCUT2D eigenvalue weighted by atomic mass is 10.0. The van der Waals surface area contributed by atoms with E-state index >= 15 is 0 Å². The maximum Gasteiger partial charge on any atom is 0.361 e. The predicted octanol–water partition coefficient (Wildman–Crippen LogP) is 27.0. The lowest BCUT2D eigenvalue weighted by molar-refractivity contribution is -0.870. The average molecular weight is 1340 g/mol. The molecule has 0 aromatic rings. The fourth-order valence-electron chi connectivity index (χ4n) is 13.0. The van der Waals surface area contributed by atoms with E-state index in [-0.39, 0.29) is 38.2 Å². The molecule has 0 fully saturated rings. The standard InChI is InChI=1S/C86H163NO8/c1-6-8-10-12-14-16-18-20-22-24-26-28-30-32-34-36-38-40-41-42-43-45-46-48-50-52-54-56-58-60-62-64-66-68-70-72-74-76-83(88)93-80-82(81-94-86(85(90)91)92-79-78-87(3,4)5)95-84(89)77-75-73-71-69-67-65-63-61-59-57-55-53-51-49-47-44-39-37-35-33-31-29-27-25-23-21-19-17-15-13-11-9-7-2/h19,21,25,27,31,33,82,86H,6-18,20,22-24,26,28-30,32,34-81H2,1-5H3/p+1/b21-19-,27-25-,33-31-. The highest BCUT2D eigenvalue weighted by molar-refractivity contribution is 5.71. The predicted molar refractivity (Wildman–Crippen MR) is 411 cm³/mol. The number of unbranched alkanes of at least 4 members (excludes halogenated alkanes) is 59. The van der Waals surface area contributed by atoms with Crippen LogP contribution < -0.4 is 0 Å². The molecule has 0 saturated heterocycles. The number of likely N-dealkylation sites (N-methyl/N-ethyl adjacent to an activating group) is 1. The second-order valence-corrected chi connectivity index (χ2v) is 30.2. The smallest absolute Gasteiger partial charge is 0.361 e. The molecule has 0 spiro atoms. The zero-order chi connectivity index (χ0) is 69.0. The topological polar surface area (TPSA) is 108 Å².